The van der Waals surface area contributed by atoms with E-state index in [-0.39, 0.29) is 0 Å². The Morgan fingerprint density at radius 1 is 1.32 bits per heavy atom. The number of pyridine rings is 1. The number of nitrogens with one attached hydrogen (secondary N) is 1. The maximum Gasteiger partial charge on any atom is 0.0453 e. The van der Waals surface area contributed by atoms with Crippen LogP contribution in [0.4, 0.5) is 5.69 Å². The highest BCUT2D eigenvalue weighted by atomic mass is 79.9. The largest absolute Gasteiger partial charge is 0.366 e. The summed E-state index contributed by atoms with van der Waals surface area (Å²) in [4.78, 5) is 6.97. The second kappa shape index (κ2) is 4.46. The van der Waals surface area contributed by atoms with Crippen LogP contribution in [0.1, 0.15) is 12.0 Å². The van der Waals surface area contributed by atoms with Crippen LogP contribution in [0.25, 0.3) is 10.8 Å². The van der Waals surface area contributed by atoms with Gasteiger partial charge in [-0.2, -0.15) is 0 Å². The van der Waals surface area contributed by atoms with Crippen molar-refractivity contribution in [3.63, 3.8) is 0 Å². The Labute approximate surface area is 121 Å². The Kier molecular flexibility index (Phi) is 2.74. The molecule has 1 aromatic carbocycles. The van der Waals surface area contributed by atoms with Gasteiger partial charge >= 0.3 is 0 Å². The lowest BCUT2D eigenvalue weighted by atomic mass is 9.97. The lowest BCUT2D eigenvalue weighted by molar-refractivity contribution is 0.626. The van der Waals surface area contributed by atoms with Crippen LogP contribution in [-0.4, -0.2) is 30.7 Å². The predicted octanol–water partition coefficient (Wildman–Crippen LogP) is 2.72. The van der Waals surface area contributed by atoms with E-state index >= 15 is 0 Å². The maximum absolute atomic E-state index is 4.38. The monoisotopic (exact) mass is 317 g/mol. The molecule has 1 atom stereocenters. The van der Waals surface area contributed by atoms with Crippen LogP contribution in [0.15, 0.2) is 29.0 Å². The molecule has 4 rings (SSSR count). The molecule has 2 aliphatic heterocycles. The number of hydrogen-bond acceptors (Lipinski definition) is 3. The van der Waals surface area contributed by atoms with Crippen molar-refractivity contribution < 1.29 is 0 Å². The molecule has 98 valence electrons. The van der Waals surface area contributed by atoms with E-state index in [1.54, 1.807) is 0 Å². The molecule has 1 N–H and O–H groups in total. The summed E-state index contributed by atoms with van der Waals surface area (Å²) < 4.78 is 1.15. The molecule has 19 heavy (non-hydrogen) atoms. The van der Waals surface area contributed by atoms with Gasteiger partial charge in [0.2, 0.25) is 0 Å². The van der Waals surface area contributed by atoms with Crippen molar-refractivity contribution in [2.24, 2.45) is 0 Å². The maximum atomic E-state index is 4.38. The van der Waals surface area contributed by atoms with E-state index < -0.39 is 0 Å². The van der Waals surface area contributed by atoms with Gasteiger partial charge in [0.1, 0.15) is 0 Å². The molecule has 1 fully saturated rings. The van der Waals surface area contributed by atoms with Gasteiger partial charge < -0.3 is 10.2 Å². The van der Waals surface area contributed by atoms with Gasteiger partial charge in [0.25, 0.3) is 0 Å². The molecule has 4 heteroatoms. The van der Waals surface area contributed by atoms with Gasteiger partial charge in [-0.05, 0) is 37.1 Å². The molecule has 1 saturated heterocycles. The summed E-state index contributed by atoms with van der Waals surface area (Å²) in [5, 5.41) is 6.11. The Hall–Kier alpha value is -1.13. The van der Waals surface area contributed by atoms with Gasteiger partial charge in [0.15, 0.2) is 0 Å². The summed E-state index contributed by atoms with van der Waals surface area (Å²) in [7, 11) is 0. The number of rotatable bonds is 1. The molecule has 3 heterocycles. The Balaban J connectivity index is 1.92. The minimum absolute atomic E-state index is 0.644. The molecular formula is C15H16BrN3. The second-order valence-electron chi connectivity index (χ2n) is 5.38. The zero-order valence-corrected chi connectivity index (χ0v) is 12.3. The van der Waals surface area contributed by atoms with Crippen LogP contribution in [0.2, 0.25) is 0 Å². The highest BCUT2D eigenvalue weighted by Gasteiger charge is 2.27. The Morgan fingerprint density at radius 3 is 3.11 bits per heavy atom. The summed E-state index contributed by atoms with van der Waals surface area (Å²) in [5.41, 5.74) is 2.77. The topological polar surface area (TPSA) is 28.2 Å². The van der Waals surface area contributed by atoms with E-state index in [2.05, 4.69) is 43.3 Å². The highest BCUT2D eigenvalue weighted by molar-refractivity contribution is 9.10. The van der Waals surface area contributed by atoms with Crippen LogP contribution in [0.3, 0.4) is 0 Å². The smallest absolute Gasteiger partial charge is 0.0453 e. The van der Waals surface area contributed by atoms with Crippen LogP contribution < -0.4 is 10.2 Å². The number of anilines is 1. The molecule has 1 aromatic heterocycles. The van der Waals surface area contributed by atoms with Gasteiger partial charge in [-0.1, -0.05) is 15.9 Å². The first-order valence-corrected chi connectivity index (χ1v) is 7.66. The Morgan fingerprint density at radius 2 is 2.26 bits per heavy atom. The third-order valence-corrected chi connectivity index (χ3v) is 5.02. The van der Waals surface area contributed by atoms with Crippen molar-refractivity contribution in [3.05, 3.63) is 34.6 Å². The lowest BCUT2D eigenvalue weighted by Gasteiger charge is -2.35. The minimum Gasteiger partial charge on any atom is -0.366 e. The standard InChI is InChI=1S/C15H16BrN3/c16-13-1-2-14-15-10(7-18-9-12(13)15)4-6-19(14)11-3-5-17-8-11/h1-2,7,9,11,17H,3-6,8H2. The van der Waals surface area contributed by atoms with E-state index in [4.69, 9.17) is 0 Å². The van der Waals surface area contributed by atoms with Crippen molar-refractivity contribution in [2.45, 2.75) is 18.9 Å². The average molecular weight is 318 g/mol. The number of nitrogens with zero attached hydrogens (tertiary/aromatic N) is 2. The minimum atomic E-state index is 0.644. The summed E-state index contributed by atoms with van der Waals surface area (Å²) in [5.74, 6) is 0. The number of benzene rings is 1. The summed E-state index contributed by atoms with van der Waals surface area (Å²) in [6, 6.07) is 5.06. The number of hydrogen-bond donors (Lipinski definition) is 1. The van der Waals surface area contributed by atoms with Crippen molar-refractivity contribution in [3.8, 4) is 0 Å². The molecule has 0 aliphatic carbocycles. The van der Waals surface area contributed by atoms with Gasteiger partial charge in [0.05, 0.1) is 0 Å². The molecule has 2 aliphatic rings. The first-order chi connectivity index (χ1) is 9.34. The predicted molar refractivity (Wildman–Crippen MR) is 81.8 cm³/mol. The van der Waals surface area contributed by atoms with Gasteiger partial charge in [0, 0.05) is 52.5 Å². The van der Waals surface area contributed by atoms with Crippen molar-refractivity contribution in [1.29, 1.82) is 0 Å². The molecule has 0 bridgehead atoms. The normalized spacial score (nSPS) is 22.2. The van der Waals surface area contributed by atoms with Crippen molar-refractivity contribution in [1.82, 2.24) is 10.3 Å². The van der Waals surface area contributed by atoms with Crippen LogP contribution in [0, 0.1) is 0 Å². The zero-order chi connectivity index (χ0) is 12.8. The van der Waals surface area contributed by atoms with E-state index in [1.165, 1.54) is 28.4 Å². The molecule has 0 amide bonds. The SMILES string of the molecule is Brc1ccc2c3c(cncc13)CCN2C1CCNC1. The molecule has 0 radical (unpaired) electrons. The third-order valence-electron chi connectivity index (χ3n) is 4.33. The number of aromatic nitrogens is 1. The van der Waals surface area contributed by atoms with Gasteiger partial charge in [-0.15, -0.1) is 0 Å². The lowest BCUT2D eigenvalue weighted by Crippen LogP contribution is -2.40. The molecule has 3 nitrogen and oxygen atoms in total. The van der Waals surface area contributed by atoms with Crippen molar-refractivity contribution >= 4 is 32.4 Å². The van der Waals surface area contributed by atoms with Crippen LogP contribution in [-0.2, 0) is 6.42 Å². The summed E-state index contributed by atoms with van der Waals surface area (Å²) in [6.45, 7) is 3.36. The van der Waals surface area contributed by atoms with E-state index in [9.17, 15) is 0 Å². The molecule has 0 spiro atoms. The second-order valence-corrected chi connectivity index (χ2v) is 6.23. The van der Waals surface area contributed by atoms with E-state index in [0.717, 1.165) is 30.5 Å². The fourth-order valence-corrected chi connectivity index (χ4v) is 3.82. The number of halogens is 1. The molecule has 0 saturated carbocycles. The first kappa shape index (κ1) is 11.7. The van der Waals surface area contributed by atoms with Gasteiger partial charge in [-0.3, -0.25) is 4.98 Å². The summed E-state index contributed by atoms with van der Waals surface area (Å²) in [6.07, 6.45) is 6.35. The summed E-state index contributed by atoms with van der Waals surface area (Å²) >= 11 is 3.65. The van der Waals surface area contributed by atoms with E-state index in [0.29, 0.717) is 6.04 Å². The van der Waals surface area contributed by atoms with Crippen LogP contribution >= 0.6 is 15.9 Å². The molecular weight excluding hydrogens is 302 g/mol. The fraction of sp³-hybridized carbons (Fsp3) is 0.400. The average Bonchev–Trinajstić information content (AvgIpc) is 2.97. The van der Waals surface area contributed by atoms with E-state index in [1.807, 2.05) is 12.4 Å². The fourth-order valence-electron chi connectivity index (χ4n) is 3.39. The van der Waals surface area contributed by atoms with Crippen molar-refractivity contribution in [2.75, 3.05) is 24.5 Å². The highest BCUT2D eigenvalue weighted by Crippen LogP contribution is 2.38. The molecule has 1 unspecified atom stereocenters. The quantitative estimate of drug-likeness (QED) is 0.876. The zero-order valence-electron chi connectivity index (χ0n) is 10.7. The third kappa shape index (κ3) is 1.77. The van der Waals surface area contributed by atoms with Gasteiger partial charge in [-0.25, -0.2) is 0 Å². The Bertz CT molecular complexity index is 635. The first-order valence-electron chi connectivity index (χ1n) is 6.87. The molecule has 2 aromatic rings. The van der Waals surface area contributed by atoms with Crippen LogP contribution in [0.5, 0.6) is 0 Å².